The Labute approximate surface area is 173 Å². The lowest BCUT2D eigenvalue weighted by atomic mass is 10.1. The molecule has 1 amide bonds. The Balaban J connectivity index is 1.28. The van der Waals surface area contributed by atoms with Crippen molar-refractivity contribution in [2.24, 2.45) is 0 Å². The van der Waals surface area contributed by atoms with Gasteiger partial charge in [-0.2, -0.15) is 0 Å². The third-order valence-electron chi connectivity index (χ3n) is 4.96. The van der Waals surface area contributed by atoms with E-state index in [9.17, 15) is 14.4 Å². The molecule has 0 aromatic heterocycles. The summed E-state index contributed by atoms with van der Waals surface area (Å²) in [5.74, 6) is -0.0272. The van der Waals surface area contributed by atoms with Gasteiger partial charge in [-0.05, 0) is 55.5 Å². The maximum atomic E-state index is 12.2. The van der Waals surface area contributed by atoms with Gasteiger partial charge in [0.2, 0.25) is 6.79 Å². The third kappa shape index (κ3) is 4.37. The SMILES string of the molecule is CC(=O)c1cc2c(cc1NC(=O)COC(=O)COc1ccc3c(c1)CCC3)OCO2. The summed E-state index contributed by atoms with van der Waals surface area (Å²) in [5, 5.41) is 2.57. The number of hydrogen-bond acceptors (Lipinski definition) is 7. The number of nitrogens with one attached hydrogen (secondary N) is 1. The van der Waals surface area contributed by atoms with Crippen molar-refractivity contribution in [3.63, 3.8) is 0 Å². The minimum Gasteiger partial charge on any atom is -0.482 e. The molecular weight excluding hydrogens is 390 g/mol. The van der Waals surface area contributed by atoms with Crippen molar-refractivity contribution in [1.82, 2.24) is 0 Å². The summed E-state index contributed by atoms with van der Waals surface area (Å²) in [7, 11) is 0. The fourth-order valence-electron chi connectivity index (χ4n) is 3.49. The highest BCUT2D eigenvalue weighted by atomic mass is 16.7. The number of carbonyl (C=O) groups is 3. The molecule has 2 aromatic carbocycles. The summed E-state index contributed by atoms with van der Waals surface area (Å²) < 4.78 is 20.9. The van der Waals surface area contributed by atoms with Crippen LogP contribution >= 0.6 is 0 Å². The van der Waals surface area contributed by atoms with Crippen LogP contribution in [0.25, 0.3) is 0 Å². The number of fused-ring (bicyclic) bond motifs is 2. The molecule has 0 bridgehead atoms. The quantitative estimate of drug-likeness (QED) is 0.552. The molecule has 8 heteroatoms. The molecule has 0 fully saturated rings. The van der Waals surface area contributed by atoms with E-state index in [0.29, 0.717) is 17.2 Å². The van der Waals surface area contributed by atoms with E-state index in [1.54, 1.807) is 0 Å². The highest BCUT2D eigenvalue weighted by molar-refractivity contribution is 6.05. The highest BCUT2D eigenvalue weighted by Gasteiger charge is 2.21. The average Bonchev–Trinajstić information content (AvgIpc) is 3.38. The average molecular weight is 411 g/mol. The van der Waals surface area contributed by atoms with Crippen LogP contribution in [0.4, 0.5) is 5.69 Å². The van der Waals surface area contributed by atoms with Gasteiger partial charge in [0.1, 0.15) is 5.75 Å². The second-order valence-corrected chi connectivity index (χ2v) is 7.09. The van der Waals surface area contributed by atoms with Crippen molar-refractivity contribution in [3.05, 3.63) is 47.0 Å². The first-order chi connectivity index (χ1) is 14.5. The molecule has 0 saturated heterocycles. The number of ketones is 1. The first kappa shape index (κ1) is 19.8. The molecule has 30 heavy (non-hydrogen) atoms. The fraction of sp³-hybridized carbons (Fsp3) is 0.318. The van der Waals surface area contributed by atoms with Gasteiger partial charge in [-0.3, -0.25) is 9.59 Å². The monoisotopic (exact) mass is 411 g/mol. The zero-order valence-electron chi connectivity index (χ0n) is 16.5. The number of anilines is 1. The maximum Gasteiger partial charge on any atom is 0.344 e. The van der Waals surface area contributed by atoms with Crippen LogP contribution in [0.3, 0.4) is 0 Å². The molecule has 0 radical (unpaired) electrons. The van der Waals surface area contributed by atoms with Crippen LogP contribution in [0.15, 0.2) is 30.3 Å². The van der Waals surface area contributed by atoms with Gasteiger partial charge < -0.3 is 24.3 Å². The number of Topliss-reactive ketones (excluding diaryl/α,β-unsaturated/α-hetero) is 1. The predicted octanol–water partition coefficient (Wildman–Crippen LogP) is 2.67. The van der Waals surface area contributed by atoms with Crippen LogP contribution in [-0.4, -0.2) is 37.7 Å². The van der Waals surface area contributed by atoms with Crippen LogP contribution in [0.2, 0.25) is 0 Å². The second kappa shape index (κ2) is 8.44. The van der Waals surface area contributed by atoms with Gasteiger partial charge in [-0.1, -0.05) is 6.07 Å². The third-order valence-corrected chi connectivity index (χ3v) is 4.96. The lowest BCUT2D eigenvalue weighted by Crippen LogP contribution is -2.24. The Hall–Kier alpha value is -3.55. The van der Waals surface area contributed by atoms with Crippen LogP contribution in [0.1, 0.15) is 34.8 Å². The minimum atomic E-state index is -0.664. The van der Waals surface area contributed by atoms with Gasteiger partial charge in [0.25, 0.3) is 5.91 Å². The van der Waals surface area contributed by atoms with Crippen LogP contribution in [-0.2, 0) is 27.2 Å². The van der Waals surface area contributed by atoms with Gasteiger partial charge in [-0.25, -0.2) is 4.79 Å². The fourth-order valence-corrected chi connectivity index (χ4v) is 3.49. The van der Waals surface area contributed by atoms with Gasteiger partial charge in [-0.15, -0.1) is 0 Å². The molecule has 156 valence electrons. The first-order valence-electron chi connectivity index (χ1n) is 9.64. The number of benzene rings is 2. The van der Waals surface area contributed by atoms with E-state index < -0.39 is 18.5 Å². The number of rotatable bonds is 7. The molecule has 0 saturated carbocycles. The van der Waals surface area contributed by atoms with E-state index in [-0.39, 0.29) is 30.4 Å². The minimum absolute atomic E-state index is 0.0475. The smallest absolute Gasteiger partial charge is 0.344 e. The van der Waals surface area contributed by atoms with E-state index in [0.717, 1.165) is 19.3 Å². The summed E-state index contributed by atoms with van der Waals surface area (Å²) in [4.78, 5) is 36.0. The molecule has 0 unspecified atom stereocenters. The lowest BCUT2D eigenvalue weighted by Gasteiger charge is -2.11. The number of ether oxygens (including phenoxy) is 4. The van der Waals surface area contributed by atoms with Gasteiger partial charge in [0, 0.05) is 11.6 Å². The number of aryl methyl sites for hydroxylation is 2. The zero-order chi connectivity index (χ0) is 21.1. The molecule has 0 atom stereocenters. The van der Waals surface area contributed by atoms with Crippen molar-refractivity contribution >= 4 is 23.3 Å². The Kier molecular flexibility index (Phi) is 5.56. The molecule has 2 aromatic rings. The van der Waals surface area contributed by atoms with Crippen molar-refractivity contribution in [1.29, 1.82) is 0 Å². The standard InChI is InChI=1S/C22H21NO7/c1-13(24)17-8-19-20(30-12-29-19)9-18(17)23-21(25)10-28-22(26)11-27-16-6-5-14-3-2-4-15(14)7-16/h5-9H,2-4,10-12H2,1H3,(H,23,25). The Morgan fingerprint density at radius 1 is 1.00 bits per heavy atom. The van der Waals surface area contributed by atoms with E-state index in [1.165, 1.54) is 30.2 Å². The van der Waals surface area contributed by atoms with E-state index in [4.69, 9.17) is 18.9 Å². The van der Waals surface area contributed by atoms with Gasteiger partial charge in [0.05, 0.1) is 5.69 Å². The van der Waals surface area contributed by atoms with Gasteiger partial charge >= 0.3 is 5.97 Å². The molecule has 0 spiro atoms. The molecule has 1 aliphatic heterocycles. The molecule has 8 nitrogen and oxygen atoms in total. The largest absolute Gasteiger partial charge is 0.482 e. The zero-order valence-corrected chi connectivity index (χ0v) is 16.5. The van der Waals surface area contributed by atoms with Crippen molar-refractivity contribution in [2.45, 2.75) is 26.2 Å². The van der Waals surface area contributed by atoms with E-state index in [1.807, 2.05) is 18.2 Å². The summed E-state index contributed by atoms with van der Waals surface area (Å²) in [6, 6.07) is 8.79. The van der Waals surface area contributed by atoms with Crippen molar-refractivity contribution < 1.29 is 33.3 Å². The van der Waals surface area contributed by atoms with Crippen LogP contribution in [0.5, 0.6) is 17.2 Å². The molecule has 1 N–H and O–H groups in total. The summed E-state index contributed by atoms with van der Waals surface area (Å²) in [6.45, 7) is 0.627. The first-order valence-corrected chi connectivity index (χ1v) is 9.64. The molecule has 4 rings (SSSR count). The molecule has 2 aliphatic rings. The number of carbonyl (C=O) groups excluding carboxylic acids is 3. The predicted molar refractivity (Wildman–Crippen MR) is 106 cm³/mol. The topological polar surface area (TPSA) is 100 Å². The van der Waals surface area contributed by atoms with Crippen LogP contribution in [0, 0.1) is 0 Å². The Morgan fingerprint density at radius 3 is 2.57 bits per heavy atom. The molecule has 1 heterocycles. The molecular formula is C22H21NO7. The lowest BCUT2D eigenvalue weighted by molar-refractivity contribution is -0.149. The van der Waals surface area contributed by atoms with Crippen molar-refractivity contribution in [3.8, 4) is 17.2 Å². The van der Waals surface area contributed by atoms with Crippen LogP contribution < -0.4 is 19.5 Å². The number of amides is 1. The summed E-state index contributed by atoms with van der Waals surface area (Å²) in [6.07, 6.45) is 3.21. The van der Waals surface area contributed by atoms with Gasteiger partial charge in [0.15, 0.2) is 30.5 Å². The summed E-state index contributed by atoms with van der Waals surface area (Å²) >= 11 is 0. The van der Waals surface area contributed by atoms with Crippen molar-refractivity contribution in [2.75, 3.05) is 25.3 Å². The van der Waals surface area contributed by atoms with E-state index >= 15 is 0 Å². The number of hydrogen-bond donors (Lipinski definition) is 1. The van der Waals surface area contributed by atoms with E-state index in [2.05, 4.69) is 5.32 Å². The molecule has 1 aliphatic carbocycles. The summed E-state index contributed by atoms with van der Waals surface area (Å²) in [5.41, 5.74) is 3.10. The maximum absolute atomic E-state index is 12.2. The Morgan fingerprint density at radius 2 is 1.77 bits per heavy atom. The Bertz CT molecular complexity index is 1010. The highest BCUT2D eigenvalue weighted by Crippen LogP contribution is 2.37. The normalized spacial score (nSPS) is 13.5. The second-order valence-electron chi connectivity index (χ2n) is 7.09. The number of esters is 1.